The molecule has 2 nitrogen and oxygen atoms in total. The highest BCUT2D eigenvalue weighted by Gasteiger charge is 2.31. The Hall–Kier alpha value is -0.890. The first-order valence-corrected chi connectivity index (χ1v) is 5.38. The Balaban J connectivity index is 1.72. The maximum Gasteiger partial charge on any atom is 0.0372 e. The molecule has 1 aromatic rings. The molecule has 2 rings (SSSR count). The zero-order chi connectivity index (χ0) is 9.97. The van der Waals surface area contributed by atoms with Gasteiger partial charge in [-0.05, 0) is 43.4 Å². The summed E-state index contributed by atoms with van der Waals surface area (Å²) < 4.78 is 0. The monoisotopic (exact) mass is 190 g/mol. The number of pyridine rings is 1. The molecule has 2 atom stereocenters. The van der Waals surface area contributed by atoms with E-state index in [0.29, 0.717) is 0 Å². The van der Waals surface area contributed by atoms with Gasteiger partial charge in [-0.1, -0.05) is 13.0 Å². The fraction of sp³-hybridized carbons (Fsp3) is 0.583. The topological polar surface area (TPSA) is 24.9 Å². The van der Waals surface area contributed by atoms with Gasteiger partial charge >= 0.3 is 0 Å². The van der Waals surface area contributed by atoms with Crippen LogP contribution in [0.1, 0.15) is 24.6 Å². The van der Waals surface area contributed by atoms with Crippen molar-refractivity contribution >= 4 is 0 Å². The van der Waals surface area contributed by atoms with E-state index in [1.165, 1.54) is 12.0 Å². The van der Waals surface area contributed by atoms with E-state index in [1.54, 1.807) is 0 Å². The predicted molar refractivity (Wildman–Crippen MR) is 58.0 cm³/mol. The van der Waals surface area contributed by atoms with Gasteiger partial charge in [-0.2, -0.15) is 0 Å². The summed E-state index contributed by atoms with van der Waals surface area (Å²) >= 11 is 0. The predicted octanol–water partition coefficient (Wildman–Crippen LogP) is 2.14. The van der Waals surface area contributed by atoms with Gasteiger partial charge in [0.1, 0.15) is 0 Å². The summed E-state index contributed by atoms with van der Waals surface area (Å²) in [5, 5.41) is 3.47. The number of hydrogen-bond acceptors (Lipinski definition) is 2. The molecule has 0 spiro atoms. The first-order chi connectivity index (χ1) is 6.75. The normalized spacial score (nSPS) is 25.0. The van der Waals surface area contributed by atoms with Gasteiger partial charge in [0.15, 0.2) is 0 Å². The molecule has 0 aromatic carbocycles. The Kier molecular flexibility index (Phi) is 2.82. The Morgan fingerprint density at radius 3 is 2.86 bits per heavy atom. The van der Waals surface area contributed by atoms with Crippen LogP contribution < -0.4 is 5.32 Å². The Morgan fingerprint density at radius 2 is 2.29 bits per heavy atom. The van der Waals surface area contributed by atoms with Crippen molar-refractivity contribution in [1.29, 1.82) is 0 Å². The lowest BCUT2D eigenvalue weighted by molar-refractivity contribution is 0.611. The summed E-state index contributed by atoms with van der Waals surface area (Å²) in [4.78, 5) is 4.27. The van der Waals surface area contributed by atoms with E-state index in [-0.39, 0.29) is 0 Å². The first kappa shape index (κ1) is 9.66. The summed E-state index contributed by atoms with van der Waals surface area (Å²) in [6, 6.07) is 4.21. The van der Waals surface area contributed by atoms with E-state index in [4.69, 9.17) is 0 Å². The van der Waals surface area contributed by atoms with Crippen molar-refractivity contribution in [2.45, 2.75) is 26.8 Å². The number of hydrogen-bond donors (Lipinski definition) is 1. The van der Waals surface area contributed by atoms with Crippen LogP contribution in [-0.2, 0) is 6.54 Å². The van der Waals surface area contributed by atoms with E-state index < -0.39 is 0 Å². The molecule has 1 fully saturated rings. The third-order valence-electron chi connectivity index (χ3n) is 2.98. The average molecular weight is 190 g/mol. The first-order valence-electron chi connectivity index (χ1n) is 5.38. The second-order valence-corrected chi connectivity index (χ2v) is 4.41. The third-order valence-corrected chi connectivity index (χ3v) is 2.98. The zero-order valence-corrected chi connectivity index (χ0v) is 8.96. The van der Waals surface area contributed by atoms with Crippen molar-refractivity contribution in [1.82, 2.24) is 10.3 Å². The van der Waals surface area contributed by atoms with Gasteiger partial charge in [0, 0.05) is 18.4 Å². The Labute approximate surface area is 85.7 Å². The minimum atomic E-state index is 0.924. The van der Waals surface area contributed by atoms with Crippen molar-refractivity contribution < 1.29 is 0 Å². The van der Waals surface area contributed by atoms with Gasteiger partial charge in [-0.15, -0.1) is 0 Å². The molecule has 2 heteroatoms. The second-order valence-electron chi connectivity index (χ2n) is 4.41. The van der Waals surface area contributed by atoms with Crippen LogP contribution in [0.4, 0.5) is 0 Å². The molecule has 1 aliphatic carbocycles. The summed E-state index contributed by atoms with van der Waals surface area (Å²) in [5.74, 6) is 1.87. The summed E-state index contributed by atoms with van der Waals surface area (Å²) in [7, 11) is 0. The summed E-state index contributed by atoms with van der Waals surface area (Å²) in [5.41, 5.74) is 2.37. The highest BCUT2D eigenvalue weighted by Crippen LogP contribution is 2.36. The molecule has 14 heavy (non-hydrogen) atoms. The van der Waals surface area contributed by atoms with Gasteiger partial charge in [0.05, 0.1) is 0 Å². The van der Waals surface area contributed by atoms with E-state index in [0.717, 1.165) is 30.6 Å². The fourth-order valence-corrected chi connectivity index (χ4v) is 1.69. The van der Waals surface area contributed by atoms with Crippen LogP contribution in [0.5, 0.6) is 0 Å². The molecule has 1 heterocycles. The molecule has 76 valence electrons. The van der Waals surface area contributed by atoms with Gasteiger partial charge in [0.2, 0.25) is 0 Å². The Bertz CT molecular complexity index is 292. The SMILES string of the molecule is Cc1ccc(CNCC2CC2C)cn1. The standard InChI is InChI=1S/C12H18N2/c1-9-5-12(9)8-13-6-11-4-3-10(2)14-7-11/h3-4,7,9,12-13H,5-6,8H2,1-2H3. The molecule has 1 saturated carbocycles. The van der Waals surface area contributed by atoms with Crippen LogP contribution in [0.2, 0.25) is 0 Å². The van der Waals surface area contributed by atoms with Crippen molar-refractivity contribution in [2.75, 3.05) is 6.54 Å². The molecule has 1 aliphatic rings. The lowest BCUT2D eigenvalue weighted by atomic mass is 10.2. The summed E-state index contributed by atoms with van der Waals surface area (Å²) in [6.45, 7) is 6.45. The van der Waals surface area contributed by atoms with Crippen molar-refractivity contribution in [3.05, 3.63) is 29.6 Å². The lowest BCUT2D eigenvalue weighted by Gasteiger charge is -2.03. The van der Waals surface area contributed by atoms with Gasteiger partial charge in [-0.3, -0.25) is 4.98 Å². The molecule has 2 unspecified atom stereocenters. The minimum absolute atomic E-state index is 0.924. The van der Waals surface area contributed by atoms with E-state index in [9.17, 15) is 0 Å². The number of rotatable bonds is 4. The molecule has 1 N–H and O–H groups in total. The van der Waals surface area contributed by atoms with Crippen molar-refractivity contribution in [3.63, 3.8) is 0 Å². The van der Waals surface area contributed by atoms with E-state index in [1.807, 2.05) is 13.1 Å². The Morgan fingerprint density at radius 1 is 1.50 bits per heavy atom. The van der Waals surface area contributed by atoms with Crippen molar-refractivity contribution in [2.24, 2.45) is 11.8 Å². The molecule has 0 radical (unpaired) electrons. The minimum Gasteiger partial charge on any atom is -0.312 e. The highest BCUT2D eigenvalue weighted by atomic mass is 14.9. The van der Waals surface area contributed by atoms with Gasteiger partial charge in [0.25, 0.3) is 0 Å². The van der Waals surface area contributed by atoms with Crippen LogP contribution in [0.15, 0.2) is 18.3 Å². The molecule has 0 saturated heterocycles. The van der Waals surface area contributed by atoms with E-state index in [2.05, 4.69) is 29.4 Å². The molecular formula is C12H18N2. The maximum absolute atomic E-state index is 4.27. The zero-order valence-electron chi connectivity index (χ0n) is 8.96. The van der Waals surface area contributed by atoms with Crippen LogP contribution in [0, 0.1) is 18.8 Å². The molecule has 0 aliphatic heterocycles. The quantitative estimate of drug-likeness (QED) is 0.786. The molecule has 1 aromatic heterocycles. The second kappa shape index (κ2) is 4.09. The van der Waals surface area contributed by atoms with Crippen LogP contribution in [-0.4, -0.2) is 11.5 Å². The number of nitrogens with zero attached hydrogens (tertiary/aromatic N) is 1. The smallest absolute Gasteiger partial charge is 0.0372 e. The average Bonchev–Trinajstić information content (AvgIpc) is 2.86. The number of aryl methyl sites for hydroxylation is 1. The van der Waals surface area contributed by atoms with Crippen LogP contribution >= 0.6 is 0 Å². The molecule has 0 amide bonds. The molecule has 0 bridgehead atoms. The van der Waals surface area contributed by atoms with E-state index >= 15 is 0 Å². The number of aromatic nitrogens is 1. The van der Waals surface area contributed by atoms with Gasteiger partial charge in [-0.25, -0.2) is 0 Å². The van der Waals surface area contributed by atoms with Crippen LogP contribution in [0.25, 0.3) is 0 Å². The largest absolute Gasteiger partial charge is 0.312 e. The molecular weight excluding hydrogens is 172 g/mol. The summed E-state index contributed by atoms with van der Waals surface area (Å²) in [6.07, 6.45) is 3.36. The maximum atomic E-state index is 4.27. The fourth-order valence-electron chi connectivity index (χ4n) is 1.69. The van der Waals surface area contributed by atoms with Gasteiger partial charge < -0.3 is 5.32 Å². The lowest BCUT2D eigenvalue weighted by Crippen LogP contribution is -2.16. The highest BCUT2D eigenvalue weighted by molar-refractivity contribution is 5.12. The van der Waals surface area contributed by atoms with Crippen molar-refractivity contribution in [3.8, 4) is 0 Å². The third kappa shape index (κ3) is 2.55. The number of nitrogens with one attached hydrogen (secondary N) is 1. The van der Waals surface area contributed by atoms with Crippen LogP contribution in [0.3, 0.4) is 0 Å².